The zero-order chi connectivity index (χ0) is 27.8. The third-order valence-corrected chi connectivity index (χ3v) is 10.5. The maximum atomic E-state index is 14.0. The number of sulfonamides is 1. The highest BCUT2D eigenvalue weighted by Gasteiger charge is 2.41. The van der Waals surface area contributed by atoms with Crippen LogP contribution in [0.25, 0.3) is 5.69 Å². The van der Waals surface area contributed by atoms with Gasteiger partial charge in [-0.25, -0.2) is 13.1 Å². The molecule has 11 nitrogen and oxygen atoms in total. The first-order valence-corrected chi connectivity index (χ1v) is 15.2. The second-order valence-electron chi connectivity index (χ2n) is 11.0. The van der Waals surface area contributed by atoms with E-state index in [1.54, 1.807) is 9.80 Å². The Labute approximate surface area is 232 Å². The fourth-order valence-corrected chi connectivity index (χ4v) is 7.52. The van der Waals surface area contributed by atoms with Crippen LogP contribution in [0.1, 0.15) is 57.8 Å². The number of hydrogen-bond acceptors (Lipinski definition) is 6. The lowest BCUT2D eigenvalue weighted by atomic mass is 9.95. The van der Waals surface area contributed by atoms with Crippen LogP contribution in [-0.2, 0) is 34.2 Å². The highest BCUT2D eigenvalue weighted by molar-refractivity contribution is 7.89. The van der Waals surface area contributed by atoms with Crippen LogP contribution in [0.4, 0.5) is 0 Å². The van der Waals surface area contributed by atoms with Gasteiger partial charge in [0.15, 0.2) is 10.7 Å². The molecule has 1 atom stereocenters. The molecule has 0 saturated heterocycles. The number of carbonyl (C=O) groups is 2. The standard InChI is InChI=1S/C28H31N7O4S/c1-3-25(36)32-12-10-21-27-23(35(30-21)20-8-6-19(7-9-20)18-4-5-18)11-13-33(24(27)17-32)28(37)22-16-26-34(29-22)15-14-31(2)40(26,38)39/h3,6-9,16,18,24H,1,4-5,10-15,17H2,2H3/t24-/m0/s1. The van der Waals surface area contributed by atoms with Gasteiger partial charge in [0.05, 0.1) is 29.7 Å². The molecule has 1 fully saturated rings. The van der Waals surface area contributed by atoms with Crippen molar-refractivity contribution in [1.82, 2.24) is 33.7 Å². The lowest BCUT2D eigenvalue weighted by Crippen LogP contribution is -2.46. The molecule has 208 valence electrons. The average molecular weight is 562 g/mol. The number of carbonyl (C=O) groups excluding carboxylic acids is 2. The largest absolute Gasteiger partial charge is 0.336 e. The van der Waals surface area contributed by atoms with Crippen LogP contribution >= 0.6 is 0 Å². The molecule has 0 radical (unpaired) electrons. The van der Waals surface area contributed by atoms with Gasteiger partial charge in [-0.1, -0.05) is 18.7 Å². The van der Waals surface area contributed by atoms with Crippen molar-refractivity contribution >= 4 is 21.8 Å². The molecule has 1 aliphatic carbocycles. The molecule has 2 amide bonds. The van der Waals surface area contributed by atoms with Gasteiger partial charge in [0.2, 0.25) is 5.91 Å². The Balaban J connectivity index is 1.27. The van der Waals surface area contributed by atoms with Crippen molar-refractivity contribution in [1.29, 1.82) is 0 Å². The highest BCUT2D eigenvalue weighted by atomic mass is 32.2. The summed E-state index contributed by atoms with van der Waals surface area (Å²) in [6, 6.07) is 9.53. The highest BCUT2D eigenvalue weighted by Crippen LogP contribution is 2.41. The number of rotatable bonds is 4. The summed E-state index contributed by atoms with van der Waals surface area (Å²) in [5, 5.41) is 9.43. The molecule has 1 aromatic carbocycles. The molecule has 7 rings (SSSR count). The van der Waals surface area contributed by atoms with Crippen molar-refractivity contribution < 1.29 is 18.0 Å². The lowest BCUT2D eigenvalue weighted by Gasteiger charge is -2.37. The zero-order valence-corrected chi connectivity index (χ0v) is 23.2. The molecule has 5 heterocycles. The monoisotopic (exact) mass is 561 g/mol. The maximum Gasteiger partial charge on any atom is 0.274 e. The Morgan fingerprint density at radius 3 is 2.52 bits per heavy atom. The van der Waals surface area contributed by atoms with Crippen LogP contribution in [-0.4, -0.2) is 87.1 Å². The van der Waals surface area contributed by atoms with Gasteiger partial charge in [-0.2, -0.15) is 14.5 Å². The number of fused-ring (bicyclic) bond motifs is 1. The Morgan fingerprint density at radius 1 is 1.02 bits per heavy atom. The van der Waals surface area contributed by atoms with Gasteiger partial charge in [-0.15, -0.1) is 0 Å². The second kappa shape index (κ2) is 9.13. The van der Waals surface area contributed by atoms with Gasteiger partial charge in [0, 0.05) is 57.7 Å². The molecule has 3 aliphatic heterocycles. The molecular weight excluding hydrogens is 530 g/mol. The Hall–Kier alpha value is -3.77. The molecule has 1 saturated carbocycles. The molecule has 12 heteroatoms. The van der Waals surface area contributed by atoms with Gasteiger partial charge in [-0.3, -0.25) is 14.3 Å². The summed E-state index contributed by atoms with van der Waals surface area (Å²) in [4.78, 5) is 30.1. The Bertz CT molecular complexity index is 1650. The van der Waals surface area contributed by atoms with Crippen LogP contribution in [0.5, 0.6) is 0 Å². The van der Waals surface area contributed by atoms with E-state index < -0.39 is 16.1 Å². The van der Waals surface area contributed by atoms with Gasteiger partial charge in [-0.05, 0) is 42.5 Å². The number of nitrogens with zero attached hydrogens (tertiary/aromatic N) is 7. The van der Waals surface area contributed by atoms with Crippen molar-refractivity contribution in [2.75, 3.05) is 33.2 Å². The van der Waals surface area contributed by atoms with E-state index in [0.29, 0.717) is 51.5 Å². The number of amides is 2. The van der Waals surface area contributed by atoms with Crippen molar-refractivity contribution in [3.63, 3.8) is 0 Å². The predicted molar refractivity (Wildman–Crippen MR) is 146 cm³/mol. The average Bonchev–Trinajstić information content (AvgIpc) is 3.65. The van der Waals surface area contributed by atoms with Gasteiger partial charge in [0.25, 0.3) is 15.9 Å². The first-order valence-electron chi connectivity index (χ1n) is 13.7. The molecule has 0 bridgehead atoms. The molecular formula is C28H31N7O4S. The van der Waals surface area contributed by atoms with Crippen LogP contribution in [0.3, 0.4) is 0 Å². The number of likely N-dealkylation sites (N-methyl/N-ethyl adjacent to an activating group) is 1. The summed E-state index contributed by atoms with van der Waals surface area (Å²) < 4.78 is 30.3. The predicted octanol–water partition coefficient (Wildman–Crippen LogP) is 1.89. The molecule has 0 N–H and O–H groups in total. The van der Waals surface area contributed by atoms with E-state index in [1.165, 1.54) is 46.6 Å². The summed E-state index contributed by atoms with van der Waals surface area (Å²) in [6.07, 6.45) is 4.94. The Morgan fingerprint density at radius 2 is 1.80 bits per heavy atom. The minimum absolute atomic E-state index is 0.0229. The summed E-state index contributed by atoms with van der Waals surface area (Å²) in [6.45, 7) is 5.50. The summed E-state index contributed by atoms with van der Waals surface area (Å²) in [5.74, 6) is 0.124. The minimum Gasteiger partial charge on any atom is -0.336 e. The van der Waals surface area contributed by atoms with E-state index >= 15 is 0 Å². The van der Waals surface area contributed by atoms with Gasteiger partial charge >= 0.3 is 0 Å². The smallest absolute Gasteiger partial charge is 0.274 e. The van der Waals surface area contributed by atoms with E-state index in [0.717, 1.165) is 22.6 Å². The fourth-order valence-electron chi connectivity index (χ4n) is 6.22. The van der Waals surface area contributed by atoms with Gasteiger partial charge < -0.3 is 9.80 Å². The second-order valence-corrected chi connectivity index (χ2v) is 13.0. The van der Waals surface area contributed by atoms with E-state index in [1.807, 2.05) is 4.68 Å². The number of aromatic nitrogens is 4. The summed E-state index contributed by atoms with van der Waals surface area (Å²) in [7, 11) is -2.18. The van der Waals surface area contributed by atoms with Crippen LogP contribution in [0.15, 0.2) is 48.0 Å². The van der Waals surface area contributed by atoms with E-state index in [2.05, 4.69) is 35.9 Å². The van der Waals surface area contributed by atoms with Gasteiger partial charge in [0.1, 0.15) is 0 Å². The van der Waals surface area contributed by atoms with E-state index in [9.17, 15) is 18.0 Å². The zero-order valence-electron chi connectivity index (χ0n) is 22.4. The minimum atomic E-state index is -3.70. The number of hydrogen-bond donors (Lipinski definition) is 0. The normalized spacial score (nSPS) is 21.9. The third-order valence-electron chi connectivity index (χ3n) is 8.61. The quantitative estimate of drug-likeness (QED) is 0.450. The van der Waals surface area contributed by atoms with E-state index in [4.69, 9.17) is 5.10 Å². The van der Waals surface area contributed by atoms with Crippen LogP contribution in [0.2, 0.25) is 0 Å². The van der Waals surface area contributed by atoms with Crippen LogP contribution < -0.4 is 0 Å². The molecule has 40 heavy (non-hydrogen) atoms. The van der Waals surface area contributed by atoms with Crippen LogP contribution in [0, 0.1) is 0 Å². The Kier molecular flexibility index (Phi) is 5.76. The topological polar surface area (TPSA) is 114 Å². The molecule has 2 aromatic heterocycles. The van der Waals surface area contributed by atoms with Crippen molar-refractivity contribution in [2.45, 2.75) is 49.2 Å². The summed E-state index contributed by atoms with van der Waals surface area (Å²) >= 11 is 0. The van der Waals surface area contributed by atoms with E-state index in [-0.39, 0.29) is 22.5 Å². The number of benzene rings is 1. The first kappa shape index (κ1) is 25.2. The van der Waals surface area contributed by atoms with Crippen molar-refractivity contribution in [2.24, 2.45) is 0 Å². The molecule has 3 aromatic rings. The molecule has 0 spiro atoms. The third kappa shape index (κ3) is 3.92. The SMILES string of the molecule is C=CC(=O)N1CCc2nn(-c3ccc(C4CC4)cc3)c3c2[C@H](C1)N(C(=O)c1cc2n(n1)CCN(C)S2(=O)=O)CC3. The fraction of sp³-hybridized carbons (Fsp3) is 0.429. The first-order chi connectivity index (χ1) is 19.3. The maximum absolute atomic E-state index is 14.0. The lowest BCUT2D eigenvalue weighted by molar-refractivity contribution is -0.126. The van der Waals surface area contributed by atoms with Crippen molar-refractivity contribution in [3.8, 4) is 5.69 Å². The summed E-state index contributed by atoms with van der Waals surface area (Å²) in [5.41, 5.74) is 5.33. The molecule has 0 unspecified atom stereocenters. The molecule has 4 aliphatic rings. The van der Waals surface area contributed by atoms with Crippen molar-refractivity contribution in [3.05, 3.63) is 71.2 Å².